The third kappa shape index (κ3) is 4.05. The van der Waals surface area contributed by atoms with E-state index in [0.717, 1.165) is 23.7 Å². The largest absolute Gasteiger partial charge is 0.502 e. The molecule has 8 heteroatoms. The molecule has 0 spiro atoms. The van der Waals surface area contributed by atoms with Crippen molar-refractivity contribution in [2.24, 2.45) is 0 Å². The highest BCUT2D eigenvalue weighted by atomic mass is 35.5. The van der Waals surface area contributed by atoms with Crippen molar-refractivity contribution in [1.82, 2.24) is 14.7 Å². The highest BCUT2D eigenvalue weighted by Gasteiger charge is 2.39. The Morgan fingerprint density at radius 3 is 2.26 bits per heavy atom. The number of carbonyl (C=O) groups excluding carboxylic acids is 1. The van der Waals surface area contributed by atoms with Gasteiger partial charge in [-0.05, 0) is 41.8 Å². The summed E-state index contributed by atoms with van der Waals surface area (Å²) in [6.45, 7) is 2.83. The third-order valence-corrected chi connectivity index (χ3v) is 5.96. The van der Waals surface area contributed by atoms with Gasteiger partial charge in [-0.25, -0.2) is 0 Å². The van der Waals surface area contributed by atoms with Crippen molar-refractivity contribution >= 4 is 29.1 Å². The van der Waals surface area contributed by atoms with E-state index in [2.05, 4.69) is 5.10 Å². The van der Waals surface area contributed by atoms with Crippen LogP contribution in [0.1, 0.15) is 46.9 Å². The van der Waals surface area contributed by atoms with Crippen molar-refractivity contribution in [3.63, 3.8) is 0 Å². The summed E-state index contributed by atoms with van der Waals surface area (Å²) in [5, 5.41) is 15.9. The first-order valence-electron chi connectivity index (χ1n) is 10.0. The van der Waals surface area contributed by atoms with Gasteiger partial charge in [0.15, 0.2) is 11.4 Å². The summed E-state index contributed by atoms with van der Waals surface area (Å²) in [5.41, 5.74) is 1.05. The average molecular weight is 458 g/mol. The van der Waals surface area contributed by atoms with Crippen LogP contribution in [0.25, 0.3) is 0 Å². The minimum atomic E-state index is -0.682. The second kappa shape index (κ2) is 8.73. The van der Waals surface area contributed by atoms with Crippen LogP contribution in [0.2, 0.25) is 10.0 Å². The molecule has 1 aliphatic heterocycles. The number of hydrogen-bond donors (Lipinski definition) is 1. The van der Waals surface area contributed by atoms with E-state index < -0.39 is 17.1 Å². The molecule has 0 saturated heterocycles. The number of rotatable bonds is 5. The maximum atomic E-state index is 13.1. The van der Waals surface area contributed by atoms with Crippen molar-refractivity contribution < 1.29 is 9.90 Å². The molecule has 31 heavy (non-hydrogen) atoms. The van der Waals surface area contributed by atoms with E-state index in [1.807, 2.05) is 43.3 Å². The highest BCUT2D eigenvalue weighted by Crippen LogP contribution is 2.40. The molecule has 160 valence electrons. The van der Waals surface area contributed by atoms with Gasteiger partial charge in [0.05, 0.1) is 12.2 Å². The molecule has 0 aliphatic carbocycles. The molecule has 4 rings (SSSR count). The van der Waals surface area contributed by atoms with Gasteiger partial charge in [0.25, 0.3) is 5.91 Å². The Labute approximate surface area is 189 Å². The number of halogens is 2. The van der Waals surface area contributed by atoms with Crippen LogP contribution in [-0.4, -0.2) is 38.8 Å². The molecule has 2 aromatic carbocycles. The Hall–Kier alpha value is -2.83. The number of amides is 1. The second-order valence-corrected chi connectivity index (χ2v) is 8.43. The summed E-state index contributed by atoms with van der Waals surface area (Å²) in [7, 11) is 0. The normalized spacial score (nSPS) is 15.9. The van der Waals surface area contributed by atoms with E-state index in [9.17, 15) is 14.7 Å². The Balaban J connectivity index is 1.96. The summed E-state index contributed by atoms with van der Waals surface area (Å²) >= 11 is 12.6. The summed E-state index contributed by atoms with van der Waals surface area (Å²) in [5.74, 6) is -1.27. The molecule has 0 radical (unpaired) electrons. The SMILES string of the molecule is CCCN1CC(C(c2cccc(Cl)c2)c2cccc(Cl)c2)n2ncc(=O)c(O)c2C1=O. The Morgan fingerprint density at radius 2 is 1.71 bits per heavy atom. The van der Waals surface area contributed by atoms with Crippen LogP contribution >= 0.6 is 23.2 Å². The van der Waals surface area contributed by atoms with Crippen molar-refractivity contribution in [2.45, 2.75) is 25.3 Å². The smallest absolute Gasteiger partial charge is 0.276 e. The Bertz CT molecular complexity index is 1150. The molecule has 1 aliphatic rings. The molecular weight excluding hydrogens is 437 g/mol. The van der Waals surface area contributed by atoms with E-state index in [1.165, 1.54) is 4.68 Å². The van der Waals surface area contributed by atoms with Crippen molar-refractivity contribution in [2.75, 3.05) is 13.1 Å². The van der Waals surface area contributed by atoms with Gasteiger partial charge >= 0.3 is 0 Å². The maximum absolute atomic E-state index is 13.1. The van der Waals surface area contributed by atoms with E-state index in [-0.39, 0.29) is 17.7 Å². The first-order valence-corrected chi connectivity index (χ1v) is 10.8. The lowest BCUT2D eigenvalue weighted by Crippen LogP contribution is -2.47. The monoisotopic (exact) mass is 457 g/mol. The fourth-order valence-electron chi connectivity index (χ4n) is 4.19. The second-order valence-electron chi connectivity index (χ2n) is 7.56. The van der Waals surface area contributed by atoms with Crippen molar-refractivity contribution in [3.05, 3.63) is 91.8 Å². The Morgan fingerprint density at radius 1 is 1.10 bits per heavy atom. The Kier molecular flexibility index (Phi) is 6.03. The molecule has 6 nitrogen and oxygen atoms in total. The minimum Gasteiger partial charge on any atom is -0.502 e. The number of benzene rings is 2. The summed E-state index contributed by atoms with van der Waals surface area (Å²) in [6.07, 6.45) is 1.78. The highest BCUT2D eigenvalue weighted by molar-refractivity contribution is 6.31. The van der Waals surface area contributed by atoms with E-state index >= 15 is 0 Å². The van der Waals surface area contributed by atoms with E-state index in [4.69, 9.17) is 23.2 Å². The van der Waals surface area contributed by atoms with Gasteiger partial charge in [0.1, 0.15) is 0 Å². The first kappa shape index (κ1) is 21.4. The maximum Gasteiger partial charge on any atom is 0.276 e. The third-order valence-electron chi connectivity index (χ3n) is 5.49. The molecule has 0 bridgehead atoms. The van der Waals surface area contributed by atoms with Gasteiger partial charge in [0.2, 0.25) is 5.43 Å². The molecule has 0 saturated carbocycles. The minimum absolute atomic E-state index is 0.0914. The van der Waals surface area contributed by atoms with Crippen LogP contribution in [0, 0.1) is 0 Å². The number of fused-ring (bicyclic) bond motifs is 1. The molecule has 0 fully saturated rings. The molecule has 1 amide bonds. The predicted molar refractivity (Wildman–Crippen MR) is 120 cm³/mol. The van der Waals surface area contributed by atoms with Gasteiger partial charge in [-0.15, -0.1) is 0 Å². The molecule has 3 aromatic rings. The van der Waals surface area contributed by atoms with Gasteiger partial charge < -0.3 is 10.0 Å². The van der Waals surface area contributed by atoms with Crippen molar-refractivity contribution in [1.29, 1.82) is 0 Å². The molecule has 2 heterocycles. The van der Waals surface area contributed by atoms with Gasteiger partial charge in [-0.3, -0.25) is 14.3 Å². The number of aromatic hydroxyl groups is 1. The lowest BCUT2D eigenvalue weighted by molar-refractivity contribution is 0.0634. The molecule has 1 N–H and O–H groups in total. The molecule has 1 unspecified atom stereocenters. The fourth-order valence-corrected chi connectivity index (χ4v) is 4.59. The molecule has 1 atom stereocenters. The van der Waals surface area contributed by atoms with Crippen LogP contribution in [0.3, 0.4) is 0 Å². The lowest BCUT2D eigenvalue weighted by atomic mass is 9.83. The number of hydrogen-bond acceptors (Lipinski definition) is 4. The van der Waals surface area contributed by atoms with Crippen LogP contribution in [-0.2, 0) is 0 Å². The first-order chi connectivity index (χ1) is 14.9. The van der Waals surface area contributed by atoms with Gasteiger partial charge in [-0.2, -0.15) is 5.10 Å². The van der Waals surface area contributed by atoms with Crippen molar-refractivity contribution in [3.8, 4) is 5.75 Å². The van der Waals surface area contributed by atoms with Gasteiger partial charge in [0, 0.05) is 29.1 Å². The van der Waals surface area contributed by atoms with Gasteiger partial charge in [-0.1, -0.05) is 54.4 Å². The summed E-state index contributed by atoms with van der Waals surface area (Å²) in [6, 6.07) is 14.6. The number of aromatic nitrogens is 2. The van der Waals surface area contributed by atoms with Crippen LogP contribution in [0.4, 0.5) is 0 Å². The zero-order chi connectivity index (χ0) is 22.1. The standard InChI is InChI=1S/C23H21Cl2N3O3/c1-2-9-27-13-18(28-21(23(27)31)22(30)19(29)12-26-28)20(14-5-3-7-16(24)10-14)15-6-4-8-17(25)11-15/h3-8,10-12,18,20,30H,2,9,13H2,1H3. The predicted octanol–water partition coefficient (Wildman–Crippen LogP) is 4.49. The average Bonchev–Trinajstić information content (AvgIpc) is 2.74. The topological polar surface area (TPSA) is 75.4 Å². The zero-order valence-electron chi connectivity index (χ0n) is 16.8. The lowest BCUT2D eigenvalue weighted by Gasteiger charge is -2.39. The summed E-state index contributed by atoms with van der Waals surface area (Å²) < 4.78 is 1.47. The van der Waals surface area contributed by atoms with Crippen LogP contribution in [0.15, 0.2) is 59.5 Å². The molecule has 1 aromatic heterocycles. The molecular formula is C23H21Cl2N3O3. The van der Waals surface area contributed by atoms with E-state index in [1.54, 1.807) is 17.0 Å². The number of carbonyl (C=O) groups is 1. The van der Waals surface area contributed by atoms with Crippen LogP contribution in [0.5, 0.6) is 5.75 Å². The fraction of sp³-hybridized carbons (Fsp3) is 0.261. The zero-order valence-corrected chi connectivity index (χ0v) is 18.3. The number of nitrogens with zero attached hydrogens (tertiary/aromatic N) is 3. The summed E-state index contributed by atoms with van der Waals surface area (Å²) in [4.78, 5) is 26.8. The quantitative estimate of drug-likeness (QED) is 0.611. The van der Waals surface area contributed by atoms with E-state index in [0.29, 0.717) is 23.1 Å². The van der Waals surface area contributed by atoms with Crippen LogP contribution < -0.4 is 5.43 Å².